The van der Waals surface area contributed by atoms with Crippen molar-refractivity contribution < 1.29 is 23.6 Å². The van der Waals surface area contributed by atoms with E-state index in [1.807, 2.05) is 4.90 Å². The number of carbonyl (C=O) groups excluding carboxylic acids is 4. The number of halogens is 1. The number of hydrogen-bond donors (Lipinski definition) is 2. The smallest absolute Gasteiger partial charge is 0.294 e. The maximum absolute atomic E-state index is 13.5. The summed E-state index contributed by atoms with van der Waals surface area (Å²) in [4.78, 5) is 64.4. The van der Waals surface area contributed by atoms with Gasteiger partial charge in [-0.15, -0.1) is 0 Å². The van der Waals surface area contributed by atoms with Crippen molar-refractivity contribution in [1.82, 2.24) is 19.8 Å². The second kappa shape index (κ2) is 11.5. The van der Waals surface area contributed by atoms with Crippen LogP contribution >= 0.6 is 11.6 Å². The molecule has 41 heavy (non-hydrogen) atoms. The molecule has 12 heteroatoms. The van der Waals surface area contributed by atoms with E-state index >= 15 is 0 Å². The lowest BCUT2D eigenvalue weighted by atomic mass is 9.84. The summed E-state index contributed by atoms with van der Waals surface area (Å²) >= 11 is 5.92. The minimum atomic E-state index is -0.628. The first-order valence-electron chi connectivity index (χ1n) is 14.1. The summed E-state index contributed by atoms with van der Waals surface area (Å²) in [7, 11) is 0. The lowest BCUT2D eigenvalue weighted by Crippen LogP contribution is -2.40. The summed E-state index contributed by atoms with van der Waals surface area (Å²) < 4.78 is 5.89. The molecular formula is C29H31ClN6O5. The van der Waals surface area contributed by atoms with Crippen molar-refractivity contribution in [2.45, 2.75) is 57.4 Å². The number of fused-ring (bicyclic) bond motifs is 1. The highest BCUT2D eigenvalue weighted by molar-refractivity contribution is 6.30. The Kier molecular flexibility index (Phi) is 7.61. The summed E-state index contributed by atoms with van der Waals surface area (Å²) in [5, 5.41) is 5.99. The normalized spacial score (nSPS) is 21.0. The van der Waals surface area contributed by atoms with Crippen LogP contribution in [0.1, 0.15) is 72.4 Å². The number of nitrogens with zero attached hydrogens (tertiary/aromatic N) is 4. The van der Waals surface area contributed by atoms with Crippen molar-refractivity contribution in [3.8, 4) is 0 Å². The second-order valence-electron chi connectivity index (χ2n) is 10.8. The van der Waals surface area contributed by atoms with Crippen LogP contribution in [0.3, 0.4) is 0 Å². The van der Waals surface area contributed by atoms with Crippen molar-refractivity contribution in [3.63, 3.8) is 0 Å². The van der Waals surface area contributed by atoms with E-state index in [-0.39, 0.29) is 63.7 Å². The largest absolute Gasteiger partial charge is 0.447 e. The van der Waals surface area contributed by atoms with E-state index in [0.717, 1.165) is 38.6 Å². The number of pyridine rings is 2. The molecule has 3 aliphatic rings. The third kappa shape index (κ3) is 5.63. The third-order valence-corrected chi connectivity index (χ3v) is 8.41. The van der Waals surface area contributed by atoms with E-state index in [1.54, 1.807) is 29.2 Å². The standard InChI is InChI=1S/C29H31ClN6O5/c30-18-7-12-22(31-16-18)33-28(39)26-25(24-21(41-26)11-10-20(32-24)29(40)35-13-1-2-14-35)34-27(38)17-5-8-19(9-6-17)36-15-3-4-23(36)37/h7,10-12,16-17,19H,1-6,8-9,13-15H2,(H,34,38)(H,31,33,39)/t17-,19-. The molecule has 5 heterocycles. The Morgan fingerprint density at radius 2 is 1.73 bits per heavy atom. The van der Waals surface area contributed by atoms with Crippen molar-refractivity contribution in [3.05, 3.63) is 46.9 Å². The fourth-order valence-corrected chi connectivity index (χ4v) is 6.12. The number of likely N-dealkylation sites (tertiary alicyclic amines) is 2. The molecule has 4 amide bonds. The quantitative estimate of drug-likeness (QED) is 0.440. The number of amides is 4. The molecule has 0 atom stereocenters. The van der Waals surface area contributed by atoms with Gasteiger partial charge in [0.15, 0.2) is 5.58 Å². The molecule has 214 valence electrons. The maximum Gasteiger partial charge on any atom is 0.294 e. The van der Waals surface area contributed by atoms with Gasteiger partial charge in [0, 0.05) is 44.2 Å². The predicted octanol–water partition coefficient (Wildman–Crippen LogP) is 4.48. The highest BCUT2D eigenvalue weighted by Crippen LogP contribution is 2.34. The maximum atomic E-state index is 13.5. The van der Waals surface area contributed by atoms with Gasteiger partial charge in [-0.1, -0.05) is 11.6 Å². The lowest BCUT2D eigenvalue weighted by Gasteiger charge is -2.34. The first-order valence-corrected chi connectivity index (χ1v) is 14.5. The van der Waals surface area contributed by atoms with Gasteiger partial charge in [-0.3, -0.25) is 19.2 Å². The van der Waals surface area contributed by atoms with Crippen molar-refractivity contribution in [2.75, 3.05) is 30.3 Å². The number of furan rings is 1. The van der Waals surface area contributed by atoms with Gasteiger partial charge in [-0.25, -0.2) is 9.97 Å². The molecule has 3 aromatic heterocycles. The highest BCUT2D eigenvalue weighted by Gasteiger charge is 2.35. The van der Waals surface area contributed by atoms with E-state index in [0.29, 0.717) is 37.4 Å². The van der Waals surface area contributed by atoms with Gasteiger partial charge in [0.1, 0.15) is 22.7 Å². The molecule has 3 aromatic rings. The molecule has 6 rings (SSSR count). The van der Waals surface area contributed by atoms with Crippen LogP contribution < -0.4 is 10.6 Å². The van der Waals surface area contributed by atoms with E-state index in [4.69, 9.17) is 16.0 Å². The summed E-state index contributed by atoms with van der Waals surface area (Å²) in [6.45, 7) is 2.12. The number of hydrogen-bond acceptors (Lipinski definition) is 7. The number of nitrogens with one attached hydrogen (secondary N) is 2. The zero-order chi connectivity index (χ0) is 28.5. The van der Waals surface area contributed by atoms with Gasteiger partial charge in [-0.2, -0.15) is 0 Å². The number of carbonyl (C=O) groups is 4. The van der Waals surface area contributed by atoms with Crippen LogP contribution in [0.5, 0.6) is 0 Å². The zero-order valence-corrected chi connectivity index (χ0v) is 23.3. The third-order valence-electron chi connectivity index (χ3n) is 8.19. The van der Waals surface area contributed by atoms with E-state index in [9.17, 15) is 19.2 Å². The molecule has 0 spiro atoms. The second-order valence-corrected chi connectivity index (χ2v) is 11.3. The summed E-state index contributed by atoms with van der Waals surface area (Å²) in [6, 6.07) is 6.47. The number of anilines is 2. The predicted molar refractivity (Wildman–Crippen MR) is 152 cm³/mol. The monoisotopic (exact) mass is 578 g/mol. The van der Waals surface area contributed by atoms with Gasteiger partial charge in [0.2, 0.25) is 17.6 Å². The average Bonchev–Trinajstić information content (AvgIpc) is 3.75. The van der Waals surface area contributed by atoms with Crippen LogP contribution in [-0.2, 0) is 9.59 Å². The Balaban J connectivity index is 1.26. The Labute approximate surface area is 241 Å². The first-order chi connectivity index (χ1) is 19.9. The first kappa shape index (κ1) is 27.2. The van der Waals surface area contributed by atoms with Crippen LogP contribution in [0, 0.1) is 5.92 Å². The molecule has 11 nitrogen and oxygen atoms in total. The SMILES string of the molecule is O=C(Nc1ccc(Cl)cn1)c1oc2ccc(C(=O)N3CCCC3)nc2c1NC(=O)[C@H]1CC[C@H](N2CCCC2=O)CC1. The van der Waals surface area contributed by atoms with Crippen molar-refractivity contribution >= 4 is 57.8 Å². The zero-order valence-electron chi connectivity index (χ0n) is 22.5. The molecule has 0 bridgehead atoms. The van der Waals surface area contributed by atoms with Crippen LogP contribution in [0.15, 0.2) is 34.9 Å². The Hall–Kier alpha value is -3.99. The molecule has 0 unspecified atom stereocenters. The Bertz CT molecular complexity index is 1490. The number of aromatic nitrogens is 2. The minimum Gasteiger partial charge on any atom is -0.447 e. The van der Waals surface area contributed by atoms with E-state index in [1.165, 1.54) is 6.20 Å². The summed E-state index contributed by atoms with van der Waals surface area (Å²) in [5.74, 6) is -1.07. The van der Waals surface area contributed by atoms with Gasteiger partial charge in [-0.05, 0) is 69.2 Å². The van der Waals surface area contributed by atoms with Crippen LogP contribution in [0.2, 0.25) is 5.02 Å². The van der Waals surface area contributed by atoms with E-state index < -0.39 is 5.91 Å². The molecule has 3 fully saturated rings. The van der Waals surface area contributed by atoms with Crippen LogP contribution in [0.4, 0.5) is 11.5 Å². The van der Waals surface area contributed by atoms with E-state index in [2.05, 4.69) is 20.6 Å². The molecule has 2 aliphatic heterocycles. The lowest BCUT2D eigenvalue weighted by molar-refractivity contribution is -0.130. The van der Waals surface area contributed by atoms with Gasteiger partial charge >= 0.3 is 0 Å². The van der Waals surface area contributed by atoms with Crippen molar-refractivity contribution in [1.29, 1.82) is 0 Å². The number of rotatable bonds is 6. The molecule has 0 radical (unpaired) electrons. The molecule has 1 saturated carbocycles. The van der Waals surface area contributed by atoms with Gasteiger partial charge in [0.05, 0.1) is 5.02 Å². The van der Waals surface area contributed by atoms with Crippen molar-refractivity contribution in [2.24, 2.45) is 5.92 Å². The summed E-state index contributed by atoms with van der Waals surface area (Å²) in [6.07, 6.45) is 7.52. The Morgan fingerprint density at radius 3 is 2.41 bits per heavy atom. The highest BCUT2D eigenvalue weighted by atomic mass is 35.5. The fourth-order valence-electron chi connectivity index (χ4n) is 6.01. The van der Waals surface area contributed by atoms with Crippen LogP contribution in [0.25, 0.3) is 11.1 Å². The summed E-state index contributed by atoms with van der Waals surface area (Å²) in [5.41, 5.74) is 0.833. The molecule has 2 saturated heterocycles. The fraction of sp³-hybridized carbons (Fsp3) is 0.448. The molecule has 1 aliphatic carbocycles. The molecule has 2 N–H and O–H groups in total. The topological polar surface area (TPSA) is 138 Å². The molecular weight excluding hydrogens is 548 g/mol. The van der Waals surface area contributed by atoms with Crippen LogP contribution in [-0.4, -0.2) is 69.1 Å². The molecule has 0 aromatic carbocycles. The average molecular weight is 579 g/mol. The van der Waals surface area contributed by atoms with Gasteiger partial charge in [0.25, 0.3) is 11.8 Å². The van der Waals surface area contributed by atoms with Gasteiger partial charge < -0.3 is 24.9 Å². The Morgan fingerprint density at radius 1 is 0.951 bits per heavy atom. The minimum absolute atomic E-state index is 0.115.